The molecule has 1 unspecified atom stereocenters. The van der Waals surface area contributed by atoms with Gasteiger partial charge in [-0.25, -0.2) is 0 Å². The van der Waals surface area contributed by atoms with Crippen molar-refractivity contribution >= 4 is 5.97 Å². The molecule has 306 valence electrons. The van der Waals surface area contributed by atoms with E-state index in [1.54, 1.807) is 27.9 Å². The molecular formula is C38H73N3O11. The number of aliphatic hydroxyl groups is 4. The van der Waals surface area contributed by atoms with Gasteiger partial charge in [0.15, 0.2) is 12.6 Å². The second-order valence-corrected chi connectivity index (χ2v) is 17.2. The van der Waals surface area contributed by atoms with Crippen molar-refractivity contribution in [1.29, 1.82) is 0 Å². The first-order chi connectivity index (χ1) is 23.9. The number of aliphatic hydroxyl groups excluding tert-OH is 2. The van der Waals surface area contributed by atoms with Gasteiger partial charge in [0.05, 0.1) is 47.6 Å². The van der Waals surface area contributed by atoms with Gasteiger partial charge in [0.1, 0.15) is 23.9 Å². The SMILES string of the molecule is CC[C@H]1OC(=O)[C@H](C)[C@@H](O[C@H]2C[C@@](C)(OC)C(N)[C@H](C)O2)[C@H](C)[C@@H](O[C@@H]2O[C@H](C)C[C@H](N(C)C)[C@H]2O)[C@](C)(O)C[C@@H](C)CN(C)[C@H](C)[C@@H](O)[C@]1(C)O. The summed E-state index contributed by atoms with van der Waals surface area (Å²) in [6.45, 7) is 18.4. The zero-order chi connectivity index (χ0) is 39.7. The summed E-state index contributed by atoms with van der Waals surface area (Å²) in [6, 6.07) is -1.23. The van der Waals surface area contributed by atoms with Crippen molar-refractivity contribution in [2.45, 2.75) is 185 Å². The quantitative estimate of drug-likeness (QED) is 0.238. The largest absolute Gasteiger partial charge is 0.459 e. The Labute approximate surface area is 312 Å². The Morgan fingerprint density at radius 1 is 1.00 bits per heavy atom. The Kier molecular flexibility index (Phi) is 15.6. The number of cyclic esters (lactones) is 1. The number of carbonyl (C=O) groups is 1. The number of nitrogens with zero attached hydrogens (tertiary/aromatic N) is 2. The number of hydrogen-bond donors (Lipinski definition) is 5. The van der Waals surface area contributed by atoms with Crippen LogP contribution < -0.4 is 5.73 Å². The number of ether oxygens (including phenoxy) is 6. The van der Waals surface area contributed by atoms with Gasteiger partial charge in [-0.15, -0.1) is 0 Å². The molecule has 18 atom stereocenters. The van der Waals surface area contributed by atoms with Crippen LogP contribution in [0.2, 0.25) is 0 Å². The Morgan fingerprint density at radius 2 is 1.62 bits per heavy atom. The van der Waals surface area contributed by atoms with Gasteiger partial charge in [-0.05, 0) is 94.8 Å². The molecule has 3 fully saturated rings. The lowest BCUT2D eigenvalue weighted by molar-refractivity contribution is -0.311. The lowest BCUT2D eigenvalue weighted by Gasteiger charge is -2.49. The highest BCUT2D eigenvalue weighted by atomic mass is 16.7. The van der Waals surface area contributed by atoms with Gasteiger partial charge in [0, 0.05) is 38.1 Å². The fourth-order valence-electron chi connectivity index (χ4n) is 8.78. The van der Waals surface area contributed by atoms with E-state index in [0.29, 0.717) is 13.0 Å². The second kappa shape index (κ2) is 17.8. The van der Waals surface area contributed by atoms with Gasteiger partial charge in [-0.2, -0.15) is 0 Å². The predicted molar refractivity (Wildman–Crippen MR) is 196 cm³/mol. The van der Waals surface area contributed by atoms with Gasteiger partial charge >= 0.3 is 5.97 Å². The van der Waals surface area contributed by atoms with Crippen LogP contribution in [-0.2, 0) is 33.2 Å². The van der Waals surface area contributed by atoms with Crippen molar-refractivity contribution in [3.63, 3.8) is 0 Å². The smallest absolute Gasteiger partial charge is 0.311 e. The summed E-state index contributed by atoms with van der Waals surface area (Å²) in [5.74, 6) is -2.48. The summed E-state index contributed by atoms with van der Waals surface area (Å²) in [5.41, 5.74) is 2.37. The van der Waals surface area contributed by atoms with E-state index in [0.717, 1.165) is 0 Å². The monoisotopic (exact) mass is 748 g/mol. The fraction of sp³-hybridized carbons (Fsp3) is 0.974. The second-order valence-electron chi connectivity index (χ2n) is 17.2. The zero-order valence-electron chi connectivity index (χ0n) is 34.3. The molecule has 0 aromatic rings. The maximum atomic E-state index is 14.2. The van der Waals surface area contributed by atoms with Crippen LogP contribution in [0.1, 0.15) is 94.9 Å². The molecule has 0 aliphatic carbocycles. The predicted octanol–water partition coefficient (Wildman–Crippen LogP) is 1.87. The van der Waals surface area contributed by atoms with Crippen molar-refractivity contribution in [3.05, 3.63) is 0 Å². The van der Waals surface area contributed by atoms with Crippen molar-refractivity contribution in [2.24, 2.45) is 23.5 Å². The molecule has 0 saturated carbocycles. The molecular weight excluding hydrogens is 674 g/mol. The summed E-state index contributed by atoms with van der Waals surface area (Å²) in [5, 5.41) is 47.3. The van der Waals surface area contributed by atoms with Gasteiger partial charge in [-0.1, -0.05) is 20.8 Å². The minimum Gasteiger partial charge on any atom is -0.459 e. The number of esters is 1. The number of likely N-dealkylation sites (N-methyl/N-ethyl adjacent to an activating group) is 2. The Hall–Kier alpha value is -1.01. The lowest BCUT2D eigenvalue weighted by Crippen LogP contribution is -2.62. The highest BCUT2D eigenvalue weighted by molar-refractivity contribution is 5.73. The lowest BCUT2D eigenvalue weighted by atomic mass is 9.77. The van der Waals surface area contributed by atoms with E-state index in [-0.39, 0.29) is 37.3 Å². The third-order valence-electron chi connectivity index (χ3n) is 12.3. The summed E-state index contributed by atoms with van der Waals surface area (Å²) < 4.78 is 37.9. The molecule has 3 rings (SSSR count). The number of carbonyl (C=O) groups excluding carboxylic acids is 1. The molecule has 3 aliphatic rings. The molecule has 0 aromatic carbocycles. The third kappa shape index (κ3) is 10.0. The van der Waals surface area contributed by atoms with Crippen LogP contribution in [0.5, 0.6) is 0 Å². The van der Waals surface area contributed by atoms with Crippen molar-refractivity contribution in [3.8, 4) is 0 Å². The first-order valence-corrected chi connectivity index (χ1v) is 19.2. The van der Waals surface area contributed by atoms with E-state index >= 15 is 0 Å². The molecule has 0 spiro atoms. The minimum absolute atomic E-state index is 0.128. The first kappa shape index (κ1) is 45.4. The topological polar surface area (TPSA) is 186 Å². The molecule has 6 N–H and O–H groups in total. The molecule has 14 nitrogen and oxygen atoms in total. The third-order valence-corrected chi connectivity index (χ3v) is 12.3. The van der Waals surface area contributed by atoms with E-state index in [1.165, 1.54) is 6.92 Å². The molecule has 0 bridgehead atoms. The molecule has 0 radical (unpaired) electrons. The number of rotatable bonds is 7. The van der Waals surface area contributed by atoms with Crippen molar-refractivity contribution in [2.75, 3.05) is 34.8 Å². The van der Waals surface area contributed by atoms with Gasteiger partial charge in [-0.3, -0.25) is 4.79 Å². The first-order valence-electron chi connectivity index (χ1n) is 19.2. The van der Waals surface area contributed by atoms with Gasteiger partial charge in [0.2, 0.25) is 0 Å². The van der Waals surface area contributed by atoms with E-state index in [9.17, 15) is 25.2 Å². The average Bonchev–Trinajstić information content (AvgIpc) is 3.05. The van der Waals surface area contributed by atoms with E-state index in [2.05, 4.69) is 0 Å². The van der Waals surface area contributed by atoms with E-state index in [4.69, 9.17) is 34.2 Å². The zero-order valence-corrected chi connectivity index (χ0v) is 34.3. The average molecular weight is 748 g/mol. The van der Waals surface area contributed by atoms with E-state index < -0.39 is 95.9 Å². The molecule has 3 saturated heterocycles. The summed E-state index contributed by atoms with van der Waals surface area (Å²) in [6.07, 6.45) is -6.64. The van der Waals surface area contributed by atoms with Crippen molar-refractivity contribution in [1.82, 2.24) is 9.80 Å². The summed E-state index contributed by atoms with van der Waals surface area (Å²) >= 11 is 0. The highest BCUT2D eigenvalue weighted by Crippen LogP contribution is 2.40. The van der Waals surface area contributed by atoms with Crippen LogP contribution in [0.15, 0.2) is 0 Å². The summed E-state index contributed by atoms with van der Waals surface area (Å²) in [4.78, 5) is 18.1. The van der Waals surface area contributed by atoms with Gasteiger partial charge < -0.3 is 64.4 Å². The van der Waals surface area contributed by atoms with Crippen LogP contribution in [0.25, 0.3) is 0 Å². The standard InChI is InChI=1S/C38H73N3O11/c1-15-27-38(10,46)32(43)24(6)41(13)19-20(2)17-36(8,45)33(52-35-29(42)26(40(11)12)16-21(3)48-35)22(4)30(23(5)34(44)50-27)51-28-18-37(9,47-14)31(39)25(7)49-28/h20-33,35,42-43,45-46H,15-19,39H2,1-14H3/t20-,21-,22+,23-,24-,25+,26+,27-,28+,29-,30+,31?,32-,33-,35+,36-,37-,38-/m1/s1. The van der Waals surface area contributed by atoms with Gasteiger partial charge in [0.25, 0.3) is 0 Å². The highest BCUT2D eigenvalue weighted by Gasteiger charge is 2.52. The Bertz CT molecular complexity index is 1150. The van der Waals surface area contributed by atoms with Crippen LogP contribution in [-0.4, -0.2) is 161 Å². The summed E-state index contributed by atoms with van der Waals surface area (Å²) in [7, 11) is 7.23. The number of hydrogen-bond acceptors (Lipinski definition) is 14. The molecule has 0 aromatic heterocycles. The molecule has 3 heterocycles. The molecule has 3 aliphatic heterocycles. The minimum atomic E-state index is -1.78. The Balaban J connectivity index is 2.17. The molecule has 52 heavy (non-hydrogen) atoms. The van der Waals surface area contributed by atoms with Crippen LogP contribution in [0.3, 0.4) is 0 Å². The van der Waals surface area contributed by atoms with Crippen LogP contribution in [0.4, 0.5) is 0 Å². The Morgan fingerprint density at radius 3 is 2.17 bits per heavy atom. The number of nitrogens with two attached hydrogens (primary N) is 1. The van der Waals surface area contributed by atoms with Crippen LogP contribution in [0, 0.1) is 17.8 Å². The maximum absolute atomic E-state index is 14.2. The van der Waals surface area contributed by atoms with Crippen LogP contribution >= 0.6 is 0 Å². The molecule has 14 heteroatoms. The fourth-order valence-corrected chi connectivity index (χ4v) is 8.78. The van der Waals surface area contributed by atoms with Crippen molar-refractivity contribution < 1.29 is 53.6 Å². The number of methoxy groups -OCH3 is 1. The normalized spacial score (nSPS) is 49.6. The maximum Gasteiger partial charge on any atom is 0.311 e. The van der Waals surface area contributed by atoms with E-state index in [1.807, 2.05) is 72.5 Å². The molecule has 0 amide bonds.